The van der Waals surface area contributed by atoms with Crippen LogP contribution in [0.5, 0.6) is 0 Å². The predicted molar refractivity (Wildman–Crippen MR) is 162 cm³/mol. The Morgan fingerprint density at radius 3 is 2.05 bits per heavy atom. The molecule has 2 nitrogen and oxygen atoms in total. The molecule has 3 rings (SSSR count). The van der Waals surface area contributed by atoms with Gasteiger partial charge in [0, 0.05) is 5.92 Å². The molecule has 0 saturated carbocycles. The van der Waals surface area contributed by atoms with E-state index in [2.05, 4.69) is 106 Å². The molecule has 0 radical (unpaired) electrons. The molecule has 0 aliphatic carbocycles. The molecule has 0 amide bonds. The van der Waals surface area contributed by atoms with Crippen molar-refractivity contribution < 1.29 is 9.53 Å². The van der Waals surface area contributed by atoms with Crippen LogP contribution in [0.2, 0.25) is 5.04 Å². The fraction of sp³-hybridized carbons (Fsp3) is 0.412. The molecule has 0 fully saturated rings. The van der Waals surface area contributed by atoms with E-state index in [9.17, 15) is 5.11 Å². The number of benzene rings is 3. The van der Waals surface area contributed by atoms with E-state index in [-0.39, 0.29) is 17.7 Å². The average Bonchev–Trinajstić information content (AvgIpc) is 2.93. The number of unbranched alkanes of at least 4 members (excludes halogenated alkanes) is 5. The average molecular weight is 515 g/mol. The molecule has 37 heavy (non-hydrogen) atoms. The summed E-state index contributed by atoms with van der Waals surface area (Å²) < 4.78 is 6.84. The Labute approximate surface area is 227 Å². The molecule has 0 aromatic heterocycles. The Hall–Kier alpha value is -2.46. The van der Waals surface area contributed by atoms with Gasteiger partial charge >= 0.3 is 0 Å². The van der Waals surface area contributed by atoms with Gasteiger partial charge < -0.3 is 9.53 Å². The number of hydrogen-bond acceptors (Lipinski definition) is 2. The van der Waals surface area contributed by atoms with Gasteiger partial charge in [0.2, 0.25) is 0 Å². The quantitative estimate of drug-likeness (QED) is 0.153. The lowest BCUT2D eigenvalue weighted by Gasteiger charge is -2.35. The molecule has 0 spiro atoms. The maximum Gasteiger partial charge on any atom is 0.168 e. The zero-order valence-corrected chi connectivity index (χ0v) is 24.5. The fourth-order valence-corrected chi connectivity index (χ4v) is 6.72. The van der Waals surface area contributed by atoms with Crippen molar-refractivity contribution in [3.8, 4) is 0 Å². The number of aliphatic hydroxyl groups excluding tert-OH is 1. The van der Waals surface area contributed by atoms with Gasteiger partial charge in [0.1, 0.15) is 0 Å². The van der Waals surface area contributed by atoms with Crippen LogP contribution in [-0.4, -0.2) is 21.0 Å². The maximum atomic E-state index is 9.51. The summed E-state index contributed by atoms with van der Waals surface area (Å²) >= 11 is 0. The standard InChI is InChI=1S/C34H46O2Si/c1-4-5-6-7-8-15-23-32(25-24-28-17-16-18-29(26-28)27-35)36-37-34(2,3)33(30-19-11-9-12-20-30)31-21-13-10-14-22-31/h9-14,16-22,24-26,32-33,35H,4-8,15,23,27,37H2,1-3H3/b25-24+. The van der Waals surface area contributed by atoms with Crippen LogP contribution in [0, 0.1) is 0 Å². The summed E-state index contributed by atoms with van der Waals surface area (Å²) in [6.07, 6.45) is 13.4. The lowest BCUT2D eigenvalue weighted by atomic mass is 9.82. The van der Waals surface area contributed by atoms with Gasteiger partial charge in [-0.3, -0.25) is 0 Å². The molecule has 1 unspecified atom stereocenters. The third kappa shape index (κ3) is 9.73. The zero-order chi connectivity index (χ0) is 26.3. The second kappa shape index (κ2) is 15.7. The van der Waals surface area contributed by atoms with Crippen molar-refractivity contribution in [1.29, 1.82) is 0 Å². The Balaban J connectivity index is 1.74. The fourth-order valence-electron chi connectivity index (χ4n) is 5.17. The van der Waals surface area contributed by atoms with E-state index in [4.69, 9.17) is 4.43 Å². The smallest absolute Gasteiger partial charge is 0.168 e. The highest BCUT2D eigenvalue weighted by molar-refractivity contribution is 6.32. The first-order valence-electron chi connectivity index (χ1n) is 14.1. The van der Waals surface area contributed by atoms with Crippen molar-refractivity contribution in [2.24, 2.45) is 0 Å². The Kier molecular flexibility index (Phi) is 12.4. The van der Waals surface area contributed by atoms with Crippen molar-refractivity contribution in [1.82, 2.24) is 0 Å². The van der Waals surface area contributed by atoms with Crippen LogP contribution in [0.1, 0.15) is 93.9 Å². The molecule has 3 heteroatoms. The predicted octanol–water partition coefficient (Wildman–Crippen LogP) is 8.44. The second-order valence-electron chi connectivity index (χ2n) is 10.9. The van der Waals surface area contributed by atoms with Crippen LogP contribution >= 0.6 is 0 Å². The maximum absolute atomic E-state index is 9.51. The minimum atomic E-state index is -0.894. The normalized spacial score (nSPS) is 13.2. The van der Waals surface area contributed by atoms with Gasteiger partial charge in [-0.2, -0.15) is 0 Å². The molecule has 0 saturated heterocycles. The van der Waals surface area contributed by atoms with E-state index in [1.807, 2.05) is 12.1 Å². The van der Waals surface area contributed by atoms with Gasteiger partial charge in [-0.15, -0.1) is 0 Å². The molecule has 1 atom stereocenters. The summed E-state index contributed by atoms with van der Waals surface area (Å²) in [7, 11) is -0.894. The first-order chi connectivity index (χ1) is 18.0. The minimum absolute atomic E-state index is 0.0483. The number of aliphatic hydroxyl groups is 1. The Morgan fingerprint density at radius 2 is 1.43 bits per heavy atom. The largest absolute Gasteiger partial charge is 0.417 e. The van der Waals surface area contributed by atoms with E-state index < -0.39 is 9.76 Å². The van der Waals surface area contributed by atoms with E-state index in [1.54, 1.807) is 0 Å². The van der Waals surface area contributed by atoms with Crippen molar-refractivity contribution in [3.05, 3.63) is 113 Å². The van der Waals surface area contributed by atoms with Crippen molar-refractivity contribution in [2.75, 3.05) is 0 Å². The summed E-state index contributed by atoms with van der Waals surface area (Å²) in [4.78, 5) is 0. The van der Waals surface area contributed by atoms with Gasteiger partial charge in [0.15, 0.2) is 9.76 Å². The van der Waals surface area contributed by atoms with Crippen molar-refractivity contribution in [3.63, 3.8) is 0 Å². The van der Waals surface area contributed by atoms with Crippen LogP contribution < -0.4 is 0 Å². The topological polar surface area (TPSA) is 29.5 Å². The van der Waals surface area contributed by atoms with Crippen LogP contribution in [0.25, 0.3) is 6.08 Å². The highest BCUT2D eigenvalue weighted by Gasteiger charge is 2.33. The minimum Gasteiger partial charge on any atom is -0.417 e. The van der Waals surface area contributed by atoms with Crippen molar-refractivity contribution in [2.45, 2.75) is 89.4 Å². The molecule has 198 valence electrons. The third-order valence-electron chi connectivity index (χ3n) is 7.20. The summed E-state index contributed by atoms with van der Waals surface area (Å²) in [5, 5.41) is 9.56. The second-order valence-corrected chi connectivity index (χ2v) is 13.4. The first kappa shape index (κ1) is 29.1. The SMILES string of the molecule is CCCCCCCCC(/C=C/c1cccc(CO)c1)O[SiH2]C(C)(C)C(c1ccccc1)c1ccccc1. The number of rotatable bonds is 16. The highest BCUT2D eigenvalue weighted by Crippen LogP contribution is 2.46. The Morgan fingerprint density at radius 1 is 0.811 bits per heavy atom. The van der Waals surface area contributed by atoms with E-state index in [1.165, 1.54) is 49.7 Å². The van der Waals surface area contributed by atoms with E-state index in [0.717, 1.165) is 17.5 Å². The summed E-state index contributed by atoms with van der Waals surface area (Å²) in [5.41, 5.74) is 4.78. The van der Waals surface area contributed by atoms with Gasteiger partial charge in [-0.05, 0) is 39.8 Å². The summed E-state index contributed by atoms with van der Waals surface area (Å²) in [5.74, 6) is 0.307. The molecule has 0 heterocycles. The van der Waals surface area contributed by atoms with Crippen LogP contribution in [-0.2, 0) is 11.0 Å². The van der Waals surface area contributed by atoms with Crippen molar-refractivity contribution >= 4 is 15.8 Å². The molecule has 0 aliphatic rings. The van der Waals surface area contributed by atoms with Gasteiger partial charge in [0.05, 0.1) is 12.7 Å². The zero-order valence-electron chi connectivity index (χ0n) is 23.1. The molecule has 0 bridgehead atoms. The molecule has 0 aliphatic heterocycles. The number of hydrogen-bond donors (Lipinski definition) is 1. The molecule has 1 N–H and O–H groups in total. The lowest BCUT2D eigenvalue weighted by molar-refractivity contribution is 0.232. The van der Waals surface area contributed by atoms with Crippen LogP contribution in [0.4, 0.5) is 0 Å². The third-order valence-corrected chi connectivity index (χ3v) is 8.94. The van der Waals surface area contributed by atoms with Gasteiger partial charge in [-0.25, -0.2) is 0 Å². The van der Waals surface area contributed by atoms with Gasteiger partial charge in [0.25, 0.3) is 0 Å². The van der Waals surface area contributed by atoms with E-state index >= 15 is 0 Å². The van der Waals surface area contributed by atoms with Crippen LogP contribution in [0.15, 0.2) is 91.0 Å². The van der Waals surface area contributed by atoms with E-state index in [0.29, 0.717) is 5.92 Å². The molecular formula is C34H46O2Si. The monoisotopic (exact) mass is 514 g/mol. The highest BCUT2D eigenvalue weighted by atomic mass is 28.2. The van der Waals surface area contributed by atoms with Gasteiger partial charge in [-0.1, -0.05) is 150 Å². The molecule has 3 aromatic rings. The lowest BCUT2D eigenvalue weighted by Crippen LogP contribution is -2.28. The first-order valence-corrected chi connectivity index (χ1v) is 15.4. The Bertz CT molecular complexity index is 1010. The summed E-state index contributed by atoms with van der Waals surface area (Å²) in [6.45, 7) is 7.12. The van der Waals surface area contributed by atoms with Crippen LogP contribution in [0.3, 0.4) is 0 Å². The molecule has 3 aromatic carbocycles. The summed E-state index contributed by atoms with van der Waals surface area (Å²) in [6, 6.07) is 29.9. The molecular weight excluding hydrogens is 468 g/mol.